The van der Waals surface area contributed by atoms with Crippen LogP contribution in [0.15, 0.2) is 24.3 Å². The van der Waals surface area contributed by atoms with E-state index >= 15 is 0 Å². The molecule has 1 aromatic heterocycles. The molecular formula is C22H31N4O2S+. The Hall–Kier alpha value is -2.38. The molecule has 2 amide bonds. The molecule has 1 unspecified atom stereocenters. The first-order valence-electron chi connectivity index (χ1n) is 10.2. The summed E-state index contributed by atoms with van der Waals surface area (Å²) in [5.41, 5.74) is 9.56. The van der Waals surface area contributed by atoms with Gasteiger partial charge in [-0.2, -0.15) is 0 Å². The molecule has 0 spiro atoms. The fraction of sp³-hybridized carbons (Fsp3) is 0.455. The van der Waals surface area contributed by atoms with E-state index in [1.165, 1.54) is 26.7 Å². The van der Waals surface area contributed by atoms with Crippen LogP contribution in [0.4, 0.5) is 10.7 Å². The predicted molar refractivity (Wildman–Crippen MR) is 119 cm³/mol. The molecule has 6 nitrogen and oxygen atoms in total. The molecule has 1 aliphatic rings. The van der Waals surface area contributed by atoms with Gasteiger partial charge in [0.2, 0.25) is 0 Å². The fourth-order valence-corrected chi connectivity index (χ4v) is 5.14. The van der Waals surface area contributed by atoms with E-state index in [-0.39, 0.29) is 5.91 Å². The Morgan fingerprint density at radius 2 is 1.86 bits per heavy atom. The SMILES string of the molecule is CC[NH+](CC(=O)Nc1sc2c(c1C(N)=O)CCCC2)Cc1ccc(N(C)C)cc1. The molecule has 0 aliphatic heterocycles. The lowest BCUT2D eigenvalue weighted by Crippen LogP contribution is -3.11. The second kappa shape index (κ2) is 9.41. The number of aryl methyl sites for hydroxylation is 1. The van der Waals surface area contributed by atoms with Crippen molar-refractivity contribution in [1.82, 2.24) is 0 Å². The zero-order valence-corrected chi connectivity index (χ0v) is 18.3. The number of primary amides is 1. The number of nitrogens with one attached hydrogen (secondary N) is 2. The van der Waals surface area contributed by atoms with Crippen LogP contribution in [0, 0.1) is 0 Å². The molecule has 7 heteroatoms. The molecule has 1 atom stereocenters. The number of hydrogen-bond donors (Lipinski definition) is 3. The Morgan fingerprint density at radius 1 is 1.17 bits per heavy atom. The number of likely N-dealkylation sites (N-methyl/N-ethyl adjacent to an activating group) is 1. The zero-order valence-electron chi connectivity index (χ0n) is 17.5. The molecule has 156 valence electrons. The average molecular weight is 416 g/mol. The number of quaternary nitrogens is 1. The first kappa shape index (κ1) is 21.3. The number of rotatable bonds is 8. The maximum absolute atomic E-state index is 12.7. The molecule has 1 heterocycles. The molecule has 0 bridgehead atoms. The molecule has 0 saturated carbocycles. The molecular weight excluding hydrogens is 384 g/mol. The topological polar surface area (TPSA) is 79.9 Å². The summed E-state index contributed by atoms with van der Waals surface area (Å²) in [6.07, 6.45) is 4.03. The van der Waals surface area contributed by atoms with Gasteiger partial charge in [-0.15, -0.1) is 11.3 Å². The summed E-state index contributed by atoms with van der Waals surface area (Å²) >= 11 is 1.51. The van der Waals surface area contributed by atoms with Gasteiger partial charge in [0.15, 0.2) is 6.54 Å². The molecule has 2 aromatic rings. The van der Waals surface area contributed by atoms with Gasteiger partial charge in [-0.1, -0.05) is 12.1 Å². The minimum atomic E-state index is -0.444. The van der Waals surface area contributed by atoms with E-state index in [0.29, 0.717) is 17.1 Å². The summed E-state index contributed by atoms with van der Waals surface area (Å²) in [7, 11) is 4.04. The second-order valence-corrected chi connectivity index (χ2v) is 8.95. The number of amides is 2. The first-order chi connectivity index (χ1) is 13.9. The number of benzene rings is 1. The van der Waals surface area contributed by atoms with Crippen LogP contribution in [0.2, 0.25) is 0 Å². The number of thiophene rings is 1. The van der Waals surface area contributed by atoms with Crippen molar-refractivity contribution >= 4 is 33.8 Å². The van der Waals surface area contributed by atoms with Crippen molar-refractivity contribution in [2.45, 2.75) is 39.2 Å². The van der Waals surface area contributed by atoms with E-state index in [4.69, 9.17) is 5.73 Å². The predicted octanol–water partition coefficient (Wildman–Crippen LogP) is 1.84. The lowest BCUT2D eigenvalue weighted by molar-refractivity contribution is -0.903. The second-order valence-electron chi connectivity index (χ2n) is 7.85. The number of carbonyl (C=O) groups excluding carboxylic acids is 2. The summed E-state index contributed by atoms with van der Waals surface area (Å²) < 4.78 is 0. The minimum absolute atomic E-state index is 0.0761. The summed E-state index contributed by atoms with van der Waals surface area (Å²) in [4.78, 5) is 29.2. The average Bonchev–Trinajstić information content (AvgIpc) is 3.05. The smallest absolute Gasteiger partial charge is 0.280 e. The van der Waals surface area contributed by atoms with Gasteiger partial charge >= 0.3 is 0 Å². The molecule has 4 N–H and O–H groups in total. The Morgan fingerprint density at radius 3 is 2.48 bits per heavy atom. The summed E-state index contributed by atoms with van der Waals surface area (Å²) in [5, 5.41) is 3.60. The number of carbonyl (C=O) groups is 2. The minimum Gasteiger partial charge on any atom is -0.378 e. The van der Waals surface area contributed by atoms with E-state index in [0.717, 1.165) is 50.0 Å². The Kier molecular flexibility index (Phi) is 6.92. The van der Waals surface area contributed by atoms with Crippen LogP contribution in [-0.4, -0.2) is 39.0 Å². The van der Waals surface area contributed by atoms with Gasteiger partial charge in [0, 0.05) is 30.2 Å². The highest BCUT2D eigenvalue weighted by Crippen LogP contribution is 2.37. The summed E-state index contributed by atoms with van der Waals surface area (Å²) in [5.74, 6) is -0.520. The Labute approximate surface area is 176 Å². The van der Waals surface area contributed by atoms with Crippen LogP contribution in [0.1, 0.15) is 46.1 Å². The highest BCUT2D eigenvalue weighted by Gasteiger charge is 2.25. The van der Waals surface area contributed by atoms with Crippen LogP contribution in [0.3, 0.4) is 0 Å². The number of hydrogen-bond acceptors (Lipinski definition) is 4. The summed E-state index contributed by atoms with van der Waals surface area (Å²) in [6.45, 7) is 4.05. The highest BCUT2D eigenvalue weighted by molar-refractivity contribution is 7.17. The quantitative estimate of drug-likeness (QED) is 0.615. The van der Waals surface area contributed by atoms with Gasteiger partial charge < -0.3 is 20.9 Å². The van der Waals surface area contributed by atoms with Crippen molar-refractivity contribution in [3.8, 4) is 0 Å². The third-order valence-corrected chi connectivity index (χ3v) is 6.70. The molecule has 0 saturated heterocycles. The van der Waals surface area contributed by atoms with E-state index in [9.17, 15) is 9.59 Å². The van der Waals surface area contributed by atoms with Crippen LogP contribution < -0.4 is 20.9 Å². The molecule has 3 rings (SSSR count). The van der Waals surface area contributed by atoms with Crippen molar-refractivity contribution in [1.29, 1.82) is 0 Å². The normalized spacial score (nSPS) is 14.2. The Bertz CT molecular complexity index is 874. The molecule has 0 radical (unpaired) electrons. The van der Waals surface area contributed by atoms with E-state index in [2.05, 4.69) is 41.4 Å². The highest BCUT2D eigenvalue weighted by atomic mass is 32.1. The molecule has 1 aromatic carbocycles. The van der Waals surface area contributed by atoms with Crippen LogP contribution in [-0.2, 0) is 24.2 Å². The third kappa shape index (κ3) is 5.16. The molecule has 29 heavy (non-hydrogen) atoms. The number of nitrogens with two attached hydrogens (primary N) is 1. The van der Waals surface area contributed by atoms with Gasteiger partial charge in [-0.05, 0) is 50.3 Å². The number of nitrogens with zero attached hydrogens (tertiary/aromatic N) is 1. The van der Waals surface area contributed by atoms with Crippen molar-refractivity contribution < 1.29 is 14.5 Å². The van der Waals surface area contributed by atoms with Gasteiger partial charge in [0.05, 0.1) is 12.1 Å². The standard InChI is InChI=1S/C22H30N4O2S/c1-4-26(13-15-9-11-16(12-10-15)25(2)3)14-19(27)24-22-20(21(23)28)17-7-5-6-8-18(17)29-22/h9-12H,4-8,13-14H2,1-3H3,(H2,23,28)(H,24,27)/p+1. The maximum Gasteiger partial charge on any atom is 0.280 e. The monoisotopic (exact) mass is 415 g/mol. The first-order valence-corrected chi connectivity index (χ1v) is 11.0. The molecule has 0 fully saturated rings. The maximum atomic E-state index is 12.7. The van der Waals surface area contributed by atoms with E-state index in [1.807, 2.05) is 14.1 Å². The van der Waals surface area contributed by atoms with E-state index in [1.54, 1.807) is 0 Å². The van der Waals surface area contributed by atoms with Crippen molar-refractivity contribution in [3.05, 3.63) is 45.8 Å². The Balaban J connectivity index is 1.66. The molecule has 1 aliphatic carbocycles. The van der Waals surface area contributed by atoms with Crippen LogP contribution in [0.25, 0.3) is 0 Å². The third-order valence-electron chi connectivity index (χ3n) is 5.49. The van der Waals surface area contributed by atoms with Gasteiger partial charge in [-0.25, -0.2) is 0 Å². The van der Waals surface area contributed by atoms with Gasteiger partial charge in [-0.3, -0.25) is 9.59 Å². The lowest BCUT2D eigenvalue weighted by atomic mass is 9.95. The van der Waals surface area contributed by atoms with E-state index < -0.39 is 5.91 Å². The van der Waals surface area contributed by atoms with Crippen LogP contribution >= 0.6 is 11.3 Å². The summed E-state index contributed by atoms with van der Waals surface area (Å²) in [6, 6.07) is 8.42. The number of fused-ring (bicyclic) bond motifs is 1. The fourth-order valence-electron chi connectivity index (χ4n) is 3.83. The van der Waals surface area contributed by atoms with Crippen LogP contribution in [0.5, 0.6) is 0 Å². The lowest BCUT2D eigenvalue weighted by Gasteiger charge is -2.18. The van der Waals surface area contributed by atoms with Gasteiger partial charge in [0.25, 0.3) is 11.8 Å². The largest absolute Gasteiger partial charge is 0.378 e. The van der Waals surface area contributed by atoms with Gasteiger partial charge in [0.1, 0.15) is 11.5 Å². The number of anilines is 2. The van der Waals surface area contributed by atoms with Crippen molar-refractivity contribution in [2.75, 3.05) is 37.4 Å². The van der Waals surface area contributed by atoms with Crippen molar-refractivity contribution in [3.63, 3.8) is 0 Å². The zero-order chi connectivity index (χ0) is 21.0. The van der Waals surface area contributed by atoms with Crippen molar-refractivity contribution in [2.24, 2.45) is 5.73 Å².